The number of carbonyl (C=O) groups excluding carboxylic acids is 1. The second-order valence-corrected chi connectivity index (χ2v) is 5.90. The SMILES string of the molecule is CCOC(=O)[C@H]1CCC[NH+](Cc2ccc(C)cc2C)C1. The van der Waals surface area contributed by atoms with Gasteiger partial charge >= 0.3 is 5.97 Å². The van der Waals surface area contributed by atoms with Crippen LogP contribution in [0.15, 0.2) is 18.2 Å². The first kappa shape index (κ1) is 15.0. The van der Waals surface area contributed by atoms with E-state index in [1.165, 1.54) is 21.6 Å². The van der Waals surface area contributed by atoms with Crippen molar-refractivity contribution in [1.29, 1.82) is 0 Å². The molecule has 2 atom stereocenters. The number of esters is 1. The molecule has 1 aromatic rings. The Balaban J connectivity index is 1.97. The molecule has 0 amide bonds. The predicted octanol–water partition coefficient (Wildman–Crippen LogP) is 1.66. The molecular formula is C17H26NO2+. The van der Waals surface area contributed by atoms with Crippen LogP contribution in [0.1, 0.15) is 36.5 Å². The molecule has 3 nitrogen and oxygen atoms in total. The number of piperidine rings is 1. The highest BCUT2D eigenvalue weighted by Crippen LogP contribution is 2.12. The summed E-state index contributed by atoms with van der Waals surface area (Å²) >= 11 is 0. The van der Waals surface area contributed by atoms with Crippen LogP contribution in [0.25, 0.3) is 0 Å². The minimum absolute atomic E-state index is 0.00896. The van der Waals surface area contributed by atoms with Crippen molar-refractivity contribution in [2.75, 3.05) is 19.7 Å². The van der Waals surface area contributed by atoms with E-state index in [0.717, 1.165) is 32.5 Å². The van der Waals surface area contributed by atoms with Crippen LogP contribution < -0.4 is 4.90 Å². The zero-order chi connectivity index (χ0) is 14.5. The third-order valence-electron chi connectivity index (χ3n) is 4.18. The summed E-state index contributed by atoms with van der Waals surface area (Å²) < 4.78 is 5.17. The van der Waals surface area contributed by atoms with Gasteiger partial charge in [0.2, 0.25) is 0 Å². The standard InChI is InChI=1S/C17H25NO2/c1-4-20-17(19)16-6-5-9-18(12-16)11-15-8-7-13(2)10-14(15)3/h7-8,10,16H,4-6,9,11-12H2,1-3H3/p+1/t16-/m0/s1. The van der Waals surface area contributed by atoms with E-state index in [1.54, 1.807) is 0 Å². The van der Waals surface area contributed by atoms with E-state index < -0.39 is 0 Å². The third-order valence-corrected chi connectivity index (χ3v) is 4.18. The van der Waals surface area contributed by atoms with Gasteiger partial charge in [0.25, 0.3) is 0 Å². The van der Waals surface area contributed by atoms with Crippen molar-refractivity contribution >= 4 is 5.97 Å². The van der Waals surface area contributed by atoms with Crippen LogP contribution in [-0.4, -0.2) is 25.7 Å². The number of hydrogen-bond donors (Lipinski definition) is 1. The second-order valence-electron chi connectivity index (χ2n) is 5.90. The molecular weight excluding hydrogens is 250 g/mol. The zero-order valence-corrected chi connectivity index (χ0v) is 12.9. The van der Waals surface area contributed by atoms with Gasteiger partial charge in [-0.15, -0.1) is 0 Å². The lowest BCUT2D eigenvalue weighted by Crippen LogP contribution is -3.12. The Labute approximate surface area is 121 Å². The number of nitrogens with one attached hydrogen (secondary N) is 1. The quantitative estimate of drug-likeness (QED) is 0.848. The predicted molar refractivity (Wildman–Crippen MR) is 79.7 cm³/mol. The van der Waals surface area contributed by atoms with E-state index in [1.807, 2.05) is 6.92 Å². The Hall–Kier alpha value is -1.35. The van der Waals surface area contributed by atoms with E-state index >= 15 is 0 Å². The molecule has 0 spiro atoms. The van der Waals surface area contributed by atoms with Crippen LogP contribution in [0.5, 0.6) is 0 Å². The van der Waals surface area contributed by atoms with Crippen molar-refractivity contribution < 1.29 is 14.4 Å². The highest BCUT2D eigenvalue weighted by Gasteiger charge is 2.29. The summed E-state index contributed by atoms with van der Waals surface area (Å²) in [6.07, 6.45) is 2.10. The number of carbonyl (C=O) groups is 1. The fraction of sp³-hybridized carbons (Fsp3) is 0.588. The first-order valence-electron chi connectivity index (χ1n) is 7.66. The van der Waals surface area contributed by atoms with Crippen molar-refractivity contribution in [2.45, 2.75) is 40.2 Å². The summed E-state index contributed by atoms with van der Waals surface area (Å²) in [6.45, 7) is 9.75. The molecule has 2 rings (SSSR count). The molecule has 1 N–H and O–H groups in total. The maximum atomic E-state index is 11.9. The monoisotopic (exact) mass is 276 g/mol. The van der Waals surface area contributed by atoms with Gasteiger partial charge in [-0.2, -0.15) is 0 Å². The number of rotatable bonds is 4. The molecule has 1 heterocycles. The maximum absolute atomic E-state index is 11.9. The van der Waals surface area contributed by atoms with Crippen LogP contribution in [0.2, 0.25) is 0 Å². The zero-order valence-electron chi connectivity index (χ0n) is 12.9. The lowest BCUT2D eigenvalue weighted by molar-refractivity contribution is -0.921. The summed E-state index contributed by atoms with van der Waals surface area (Å²) in [6, 6.07) is 6.64. The number of benzene rings is 1. The van der Waals surface area contributed by atoms with Crippen LogP contribution in [0, 0.1) is 19.8 Å². The van der Waals surface area contributed by atoms with Gasteiger partial charge in [-0.25, -0.2) is 0 Å². The van der Waals surface area contributed by atoms with Crippen LogP contribution in [0.4, 0.5) is 0 Å². The molecule has 1 saturated heterocycles. The second kappa shape index (κ2) is 6.89. The third kappa shape index (κ3) is 3.83. The van der Waals surface area contributed by atoms with E-state index in [0.29, 0.717) is 6.61 Å². The number of ether oxygens (including phenoxy) is 1. The van der Waals surface area contributed by atoms with Gasteiger partial charge in [0.15, 0.2) is 0 Å². The van der Waals surface area contributed by atoms with Gasteiger partial charge in [0.1, 0.15) is 12.5 Å². The van der Waals surface area contributed by atoms with E-state index in [2.05, 4.69) is 32.0 Å². The Kier molecular flexibility index (Phi) is 5.18. The van der Waals surface area contributed by atoms with Gasteiger partial charge in [-0.05, 0) is 39.2 Å². The maximum Gasteiger partial charge on any atom is 0.314 e. The number of aryl methyl sites for hydroxylation is 2. The molecule has 110 valence electrons. The van der Waals surface area contributed by atoms with E-state index in [-0.39, 0.29) is 11.9 Å². The summed E-state index contributed by atoms with van der Waals surface area (Å²) in [5.41, 5.74) is 4.06. The molecule has 1 unspecified atom stereocenters. The average molecular weight is 276 g/mol. The lowest BCUT2D eigenvalue weighted by Gasteiger charge is -2.29. The number of quaternary nitrogens is 1. The van der Waals surface area contributed by atoms with E-state index in [9.17, 15) is 4.79 Å². The summed E-state index contributed by atoms with van der Waals surface area (Å²) in [7, 11) is 0. The van der Waals surface area contributed by atoms with Crippen molar-refractivity contribution in [2.24, 2.45) is 5.92 Å². The molecule has 3 heteroatoms. The summed E-state index contributed by atoms with van der Waals surface area (Å²) in [5, 5.41) is 0. The minimum Gasteiger partial charge on any atom is -0.466 e. The highest BCUT2D eigenvalue weighted by atomic mass is 16.5. The summed E-state index contributed by atoms with van der Waals surface area (Å²) in [5.74, 6) is 0.0785. The first-order valence-corrected chi connectivity index (χ1v) is 7.66. The van der Waals surface area contributed by atoms with Crippen molar-refractivity contribution in [3.63, 3.8) is 0 Å². The molecule has 0 radical (unpaired) electrons. The van der Waals surface area contributed by atoms with Crippen LogP contribution >= 0.6 is 0 Å². The fourth-order valence-corrected chi connectivity index (χ4v) is 3.09. The Morgan fingerprint density at radius 3 is 2.90 bits per heavy atom. The molecule has 0 aliphatic carbocycles. The molecule has 0 saturated carbocycles. The summed E-state index contributed by atoms with van der Waals surface area (Å²) in [4.78, 5) is 13.4. The first-order chi connectivity index (χ1) is 9.60. The van der Waals surface area contributed by atoms with Crippen molar-refractivity contribution in [3.05, 3.63) is 34.9 Å². The largest absolute Gasteiger partial charge is 0.466 e. The molecule has 1 fully saturated rings. The number of likely N-dealkylation sites (tertiary alicyclic amines) is 1. The van der Waals surface area contributed by atoms with Crippen molar-refractivity contribution in [1.82, 2.24) is 0 Å². The Morgan fingerprint density at radius 2 is 2.20 bits per heavy atom. The molecule has 1 aliphatic rings. The topological polar surface area (TPSA) is 30.7 Å². The normalized spacial score (nSPS) is 22.6. The Bertz CT molecular complexity index is 470. The van der Waals surface area contributed by atoms with Crippen LogP contribution in [-0.2, 0) is 16.1 Å². The van der Waals surface area contributed by atoms with Crippen molar-refractivity contribution in [3.8, 4) is 0 Å². The fourth-order valence-electron chi connectivity index (χ4n) is 3.09. The van der Waals surface area contributed by atoms with Gasteiger partial charge < -0.3 is 9.64 Å². The van der Waals surface area contributed by atoms with Gasteiger partial charge in [-0.1, -0.05) is 23.8 Å². The highest BCUT2D eigenvalue weighted by molar-refractivity contribution is 5.72. The molecule has 0 aromatic heterocycles. The number of hydrogen-bond acceptors (Lipinski definition) is 2. The van der Waals surface area contributed by atoms with E-state index in [4.69, 9.17) is 4.74 Å². The Morgan fingerprint density at radius 1 is 1.40 bits per heavy atom. The lowest BCUT2D eigenvalue weighted by atomic mass is 9.97. The van der Waals surface area contributed by atoms with Crippen LogP contribution in [0.3, 0.4) is 0 Å². The minimum atomic E-state index is -0.00896. The average Bonchev–Trinajstić information content (AvgIpc) is 2.43. The van der Waals surface area contributed by atoms with Gasteiger partial charge in [0.05, 0.1) is 19.7 Å². The molecule has 1 aliphatic heterocycles. The smallest absolute Gasteiger partial charge is 0.314 e. The van der Waals surface area contributed by atoms with Gasteiger partial charge in [-0.3, -0.25) is 4.79 Å². The molecule has 1 aromatic carbocycles. The molecule has 0 bridgehead atoms. The molecule has 20 heavy (non-hydrogen) atoms. The van der Waals surface area contributed by atoms with Gasteiger partial charge in [0, 0.05) is 5.56 Å².